The molecular weight excluding hydrogens is 362 g/mol. The van der Waals surface area contributed by atoms with Gasteiger partial charge in [0.1, 0.15) is 16.7 Å². The van der Waals surface area contributed by atoms with Crippen molar-refractivity contribution in [1.29, 1.82) is 0 Å². The summed E-state index contributed by atoms with van der Waals surface area (Å²) in [6.07, 6.45) is 5.39. The highest BCUT2D eigenvalue weighted by Crippen LogP contribution is 2.27. The molecule has 2 aromatic rings. The number of thioether (sulfide) groups is 1. The molecule has 0 aromatic heterocycles. The number of hydrogen-bond acceptors (Lipinski definition) is 4. The van der Waals surface area contributed by atoms with Crippen molar-refractivity contribution in [2.24, 2.45) is 0 Å². The zero-order chi connectivity index (χ0) is 18.4. The monoisotopic (exact) mass is 383 g/mol. The lowest BCUT2D eigenvalue weighted by molar-refractivity contribution is -0.115. The Morgan fingerprint density at radius 2 is 1.92 bits per heavy atom. The largest absolute Gasteiger partial charge is 0.489 e. The Morgan fingerprint density at radius 1 is 1.15 bits per heavy atom. The number of unbranched alkanes of at least 4 members (excludes halogenated alkanes) is 1. The lowest BCUT2D eigenvalue weighted by atomic mass is 10.1. The number of benzene rings is 2. The molecule has 3 nitrogen and oxygen atoms in total. The quantitative estimate of drug-likeness (QED) is 0.533. The molecule has 0 saturated carbocycles. The van der Waals surface area contributed by atoms with Gasteiger partial charge in [0.25, 0.3) is 5.91 Å². The highest BCUT2D eigenvalue weighted by atomic mass is 32.2. The summed E-state index contributed by atoms with van der Waals surface area (Å²) in [5.74, 6) is 0.634. The summed E-state index contributed by atoms with van der Waals surface area (Å²) in [6, 6.07) is 16.3. The van der Waals surface area contributed by atoms with Crippen molar-refractivity contribution in [3.05, 3.63) is 70.1 Å². The van der Waals surface area contributed by atoms with Crippen LogP contribution >= 0.6 is 24.0 Å². The number of hydrogen-bond donors (Lipinski definition) is 1. The Labute approximate surface area is 163 Å². The molecule has 0 spiro atoms. The summed E-state index contributed by atoms with van der Waals surface area (Å²) in [5, 5.41) is 2.62. The van der Waals surface area contributed by atoms with Crippen molar-refractivity contribution >= 4 is 40.3 Å². The predicted octanol–water partition coefficient (Wildman–Crippen LogP) is 5.10. The molecule has 1 N–H and O–H groups in total. The van der Waals surface area contributed by atoms with Crippen LogP contribution < -0.4 is 10.1 Å². The van der Waals surface area contributed by atoms with Crippen LogP contribution in [-0.4, -0.2) is 10.2 Å². The molecule has 1 heterocycles. The molecule has 134 valence electrons. The van der Waals surface area contributed by atoms with E-state index in [0.29, 0.717) is 15.8 Å². The minimum atomic E-state index is -0.144. The Balaban J connectivity index is 1.61. The number of thiocarbonyl (C=S) groups is 1. The molecule has 3 rings (SSSR count). The molecule has 0 bridgehead atoms. The first-order chi connectivity index (χ1) is 12.6. The number of nitrogens with one attached hydrogen (secondary N) is 1. The number of amides is 1. The third-order valence-electron chi connectivity index (χ3n) is 4.05. The topological polar surface area (TPSA) is 38.3 Å². The summed E-state index contributed by atoms with van der Waals surface area (Å²) < 4.78 is 6.40. The van der Waals surface area contributed by atoms with Crippen LogP contribution in [-0.2, 0) is 17.8 Å². The molecule has 1 aliphatic heterocycles. The second-order valence-corrected chi connectivity index (χ2v) is 7.85. The van der Waals surface area contributed by atoms with Crippen LogP contribution in [0.15, 0.2) is 53.4 Å². The minimum absolute atomic E-state index is 0.144. The lowest BCUT2D eigenvalue weighted by Gasteiger charge is -2.08. The van der Waals surface area contributed by atoms with E-state index >= 15 is 0 Å². The lowest BCUT2D eigenvalue weighted by Crippen LogP contribution is -2.17. The third-order valence-corrected chi connectivity index (χ3v) is 5.21. The first-order valence-corrected chi connectivity index (χ1v) is 9.92. The molecule has 1 aliphatic rings. The first-order valence-electron chi connectivity index (χ1n) is 8.69. The fourth-order valence-corrected chi connectivity index (χ4v) is 3.66. The normalized spacial score (nSPS) is 15.3. The fourth-order valence-electron chi connectivity index (χ4n) is 2.62. The van der Waals surface area contributed by atoms with Gasteiger partial charge in [-0.3, -0.25) is 4.79 Å². The molecule has 5 heteroatoms. The van der Waals surface area contributed by atoms with Gasteiger partial charge in [-0.25, -0.2) is 0 Å². The maximum absolute atomic E-state index is 11.8. The van der Waals surface area contributed by atoms with Gasteiger partial charge in [0.2, 0.25) is 0 Å². The van der Waals surface area contributed by atoms with Crippen LogP contribution in [0.25, 0.3) is 6.08 Å². The number of carbonyl (C=O) groups is 1. The van der Waals surface area contributed by atoms with Crippen molar-refractivity contribution in [1.82, 2.24) is 5.32 Å². The van der Waals surface area contributed by atoms with Gasteiger partial charge in [-0.1, -0.05) is 73.7 Å². The first kappa shape index (κ1) is 18.7. The average Bonchev–Trinajstić information content (AvgIpc) is 2.96. The predicted molar refractivity (Wildman–Crippen MR) is 112 cm³/mol. The van der Waals surface area contributed by atoms with Crippen LogP contribution in [0.3, 0.4) is 0 Å². The van der Waals surface area contributed by atoms with Crippen molar-refractivity contribution in [2.75, 3.05) is 0 Å². The van der Waals surface area contributed by atoms with Crippen LogP contribution in [0.1, 0.15) is 36.5 Å². The van der Waals surface area contributed by atoms with Crippen LogP contribution in [0, 0.1) is 0 Å². The van der Waals surface area contributed by atoms with E-state index in [-0.39, 0.29) is 5.91 Å². The van der Waals surface area contributed by atoms with E-state index in [1.807, 2.05) is 30.3 Å². The van der Waals surface area contributed by atoms with E-state index < -0.39 is 0 Å². The zero-order valence-electron chi connectivity index (χ0n) is 14.7. The Morgan fingerprint density at radius 3 is 2.62 bits per heavy atom. The van der Waals surface area contributed by atoms with Crippen molar-refractivity contribution in [2.45, 2.75) is 32.8 Å². The average molecular weight is 384 g/mol. The van der Waals surface area contributed by atoms with Gasteiger partial charge >= 0.3 is 0 Å². The van der Waals surface area contributed by atoms with E-state index in [1.54, 1.807) is 0 Å². The van der Waals surface area contributed by atoms with Crippen LogP contribution in [0.4, 0.5) is 0 Å². The van der Waals surface area contributed by atoms with Crippen LogP contribution in [0.2, 0.25) is 0 Å². The van der Waals surface area contributed by atoms with Gasteiger partial charge in [-0.05, 0) is 47.7 Å². The standard InChI is InChI=1S/C21H21NO2S2/c1-2-3-5-15-8-10-16(11-9-15)14-24-18-7-4-6-17(12-18)13-19-20(23)22-21(25)26-19/h4,6-13H,2-3,5,14H2,1H3,(H,22,23,25)/b19-13-. The maximum atomic E-state index is 11.8. The molecule has 0 atom stereocenters. The van der Waals surface area contributed by atoms with E-state index in [0.717, 1.165) is 23.3 Å². The van der Waals surface area contributed by atoms with Gasteiger partial charge < -0.3 is 10.1 Å². The van der Waals surface area contributed by atoms with Gasteiger partial charge in [-0.2, -0.15) is 0 Å². The molecular formula is C21H21NO2S2. The molecule has 2 aromatic carbocycles. The van der Waals surface area contributed by atoms with E-state index in [4.69, 9.17) is 17.0 Å². The maximum Gasteiger partial charge on any atom is 0.263 e. The minimum Gasteiger partial charge on any atom is -0.489 e. The molecule has 1 fully saturated rings. The highest BCUT2D eigenvalue weighted by Gasteiger charge is 2.21. The van der Waals surface area contributed by atoms with E-state index in [9.17, 15) is 4.79 Å². The highest BCUT2D eigenvalue weighted by molar-refractivity contribution is 8.26. The number of rotatable bonds is 7. The number of aryl methyl sites for hydroxylation is 1. The number of carbonyl (C=O) groups excluding carboxylic acids is 1. The summed E-state index contributed by atoms with van der Waals surface area (Å²) in [6.45, 7) is 2.73. The second-order valence-electron chi connectivity index (χ2n) is 6.13. The molecule has 0 radical (unpaired) electrons. The zero-order valence-corrected chi connectivity index (χ0v) is 16.3. The van der Waals surface area contributed by atoms with Gasteiger partial charge in [0.05, 0.1) is 4.91 Å². The number of ether oxygens (including phenoxy) is 1. The molecule has 1 amide bonds. The van der Waals surface area contributed by atoms with Crippen molar-refractivity contribution in [3.8, 4) is 5.75 Å². The molecule has 0 aliphatic carbocycles. The summed E-state index contributed by atoms with van der Waals surface area (Å²) in [7, 11) is 0. The smallest absolute Gasteiger partial charge is 0.263 e. The SMILES string of the molecule is CCCCc1ccc(COc2cccc(/C=C3\SC(=S)NC3=O)c2)cc1. The molecule has 1 saturated heterocycles. The summed E-state index contributed by atoms with van der Waals surface area (Å²) in [5.41, 5.74) is 3.43. The third kappa shape index (κ3) is 5.19. The Hall–Kier alpha value is -2.11. The van der Waals surface area contributed by atoms with Crippen molar-refractivity contribution in [3.63, 3.8) is 0 Å². The van der Waals surface area contributed by atoms with Gasteiger partial charge in [0.15, 0.2) is 0 Å². The van der Waals surface area contributed by atoms with E-state index in [1.165, 1.54) is 30.2 Å². The Bertz CT molecular complexity index is 828. The summed E-state index contributed by atoms with van der Waals surface area (Å²) >= 11 is 6.29. The van der Waals surface area contributed by atoms with Gasteiger partial charge in [-0.15, -0.1) is 0 Å². The Kier molecular flexibility index (Phi) is 6.47. The molecule has 26 heavy (non-hydrogen) atoms. The summed E-state index contributed by atoms with van der Waals surface area (Å²) in [4.78, 5) is 12.4. The van der Waals surface area contributed by atoms with Crippen molar-refractivity contribution < 1.29 is 9.53 Å². The fraction of sp³-hybridized carbons (Fsp3) is 0.238. The van der Waals surface area contributed by atoms with Gasteiger partial charge in [0, 0.05) is 0 Å². The van der Waals surface area contributed by atoms with E-state index in [2.05, 4.69) is 36.5 Å². The molecule has 0 unspecified atom stereocenters. The second kappa shape index (κ2) is 9.01. The van der Waals surface area contributed by atoms with Crippen LogP contribution in [0.5, 0.6) is 5.75 Å².